The van der Waals surface area contributed by atoms with E-state index in [1.54, 1.807) is 6.07 Å². The number of anilines is 1. The van der Waals surface area contributed by atoms with E-state index in [1.807, 2.05) is 36.4 Å². The van der Waals surface area contributed by atoms with Crippen LogP contribution in [0.5, 0.6) is 0 Å². The van der Waals surface area contributed by atoms with Crippen molar-refractivity contribution in [2.45, 2.75) is 12.8 Å². The molecule has 2 aromatic carbocycles. The van der Waals surface area contributed by atoms with Gasteiger partial charge >= 0.3 is 0 Å². The van der Waals surface area contributed by atoms with Gasteiger partial charge in [-0.3, -0.25) is 9.89 Å². The van der Waals surface area contributed by atoms with E-state index in [9.17, 15) is 4.79 Å². The molecule has 1 amide bonds. The second-order valence-corrected chi connectivity index (χ2v) is 7.09. The number of rotatable bonds is 3. The maximum atomic E-state index is 12.6. The molecule has 0 atom stereocenters. The van der Waals surface area contributed by atoms with Crippen molar-refractivity contribution in [3.63, 3.8) is 0 Å². The summed E-state index contributed by atoms with van der Waals surface area (Å²) in [5.41, 5.74) is 3.44. The summed E-state index contributed by atoms with van der Waals surface area (Å²) in [6.45, 7) is 1.89. The van der Waals surface area contributed by atoms with Crippen LogP contribution in [0, 0.1) is 17.2 Å². The molecule has 3 aromatic rings. The SMILES string of the molecule is CN1CCC(C(=O)Nc2n[nH]c3ccc(-c4cccc(C#N)c4)cc23)CC1. The number of H-pyrrole nitrogens is 1. The van der Waals surface area contributed by atoms with Gasteiger partial charge in [0.15, 0.2) is 5.82 Å². The molecule has 0 bridgehead atoms. The molecule has 6 heteroatoms. The Morgan fingerprint density at radius 1 is 1.22 bits per heavy atom. The molecule has 0 spiro atoms. The number of likely N-dealkylation sites (tertiary alicyclic amines) is 1. The summed E-state index contributed by atoms with van der Waals surface area (Å²) in [6.07, 6.45) is 1.74. The minimum absolute atomic E-state index is 0.0310. The van der Waals surface area contributed by atoms with Crippen LogP contribution in [0.25, 0.3) is 22.0 Å². The molecule has 1 fully saturated rings. The zero-order valence-corrected chi connectivity index (χ0v) is 15.2. The van der Waals surface area contributed by atoms with Crippen molar-refractivity contribution in [2.24, 2.45) is 5.92 Å². The number of amides is 1. The van der Waals surface area contributed by atoms with Crippen molar-refractivity contribution in [3.8, 4) is 17.2 Å². The number of carbonyl (C=O) groups is 1. The van der Waals surface area contributed by atoms with Crippen molar-refractivity contribution >= 4 is 22.6 Å². The predicted molar refractivity (Wildman–Crippen MR) is 105 cm³/mol. The van der Waals surface area contributed by atoms with Crippen LogP contribution >= 0.6 is 0 Å². The van der Waals surface area contributed by atoms with Crippen LogP contribution in [0.15, 0.2) is 42.5 Å². The maximum Gasteiger partial charge on any atom is 0.228 e. The number of nitrogens with one attached hydrogen (secondary N) is 2. The van der Waals surface area contributed by atoms with Gasteiger partial charge in [-0.25, -0.2) is 0 Å². The normalized spacial score (nSPS) is 15.6. The number of aromatic amines is 1. The quantitative estimate of drug-likeness (QED) is 0.751. The number of carbonyl (C=O) groups excluding carboxylic acids is 1. The number of nitrogens with zero attached hydrogens (tertiary/aromatic N) is 3. The van der Waals surface area contributed by atoms with E-state index >= 15 is 0 Å². The van der Waals surface area contributed by atoms with Crippen LogP contribution in [-0.2, 0) is 4.79 Å². The van der Waals surface area contributed by atoms with Gasteiger partial charge in [-0.2, -0.15) is 10.4 Å². The smallest absolute Gasteiger partial charge is 0.228 e. The lowest BCUT2D eigenvalue weighted by atomic mass is 9.96. The fourth-order valence-corrected chi connectivity index (χ4v) is 3.55. The Bertz CT molecular complexity index is 1020. The molecular formula is C21H21N5O. The van der Waals surface area contributed by atoms with Gasteiger partial charge in [-0.1, -0.05) is 18.2 Å². The average Bonchev–Trinajstić information content (AvgIpc) is 3.10. The molecule has 1 aliphatic rings. The number of hydrogen-bond donors (Lipinski definition) is 2. The Kier molecular flexibility index (Phi) is 4.61. The molecule has 4 rings (SSSR count). The van der Waals surface area contributed by atoms with Gasteiger partial charge in [0.1, 0.15) is 0 Å². The highest BCUT2D eigenvalue weighted by Crippen LogP contribution is 2.29. The number of nitriles is 1. The Hall–Kier alpha value is -3.17. The van der Waals surface area contributed by atoms with Gasteiger partial charge in [0, 0.05) is 11.3 Å². The van der Waals surface area contributed by atoms with Crippen molar-refractivity contribution < 1.29 is 4.79 Å². The summed E-state index contributed by atoms with van der Waals surface area (Å²) < 4.78 is 0. The van der Waals surface area contributed by atoms with E-state index in [0.29, 0.717) is 11.4 Å². The van der Waals surface area contributed by atoms with Crippen molar-refractivity contribution in [3.05, 3.63) is 48.0 Å². The molecule has 0 unspecified atom stereocenters. The Morgan fingerprint density at radius 3 is 2.78 bits per heavy atom. The van der Waals surface area contributed by atoms with Crippen LogP contribution in [0.4, 0.5) is 5.82 Å². The summed E-state index contributed by atoms with van der Waals surface area (Å²) in [4.78, 5) is 14.9. The van der Waals surface area contributed by atoms with E-state index < -0.39 is 0 Å². The lowest BCUT2D eigenvalue weighted by Crippen LogP contribution is -2.36. The van der Waals surface area contributed by atoms with E-state index in [1.165, 1.54) is 0 Å². The molecule has 27 heavy (non-hydrogen) atoms. The third kappa shape index (κ3) is 3.55. The minimum atomic E-state index is 0.0310. The number of piperidine rings is 1. The first-order valence-electron chi connectivity index (χ1n) is 9.12. The number of fused-ring (bicyclic) bond motifs is 1. The first-order chi connectivity index (χ1) is 13.1. The van der Waals surface area contributed by atoms with Crippen molar-refractivity contribution in [1.29, 1.82) is 5.26 Å². The van der Waals surface area contributed by atoms with Crippen molar-refractivity contribution in [1.82, 2.24) is 15.1 Å². The summed E-state index contributed by atoms with van der Waals surface area (Å²) in [7, 11) is 2.08. The zero-order valence-electron chi connectivity index (χ0n) is 15.2. The summed E-state index contributed by atoms with van der Waals surface area (Å²) in [5, 5.41) is 20.3. The fourth-order valence-electron chi connectivity index (χ4n) is 3.55. The molecule has 0 aliphatic carbocycles. The summed E-state index contributed by atoms with van der Waals surface area (Å²) in [5.74, 6) is 0.629. The van der Waals surface area contributed by atoms with Crippen LogP contribution in [-0.4, -0.2) is 41.1 Å². The second-order valence-electron chi connectivity index (χ2n) is 7.09. The van der Waals surface area contributed by atoms with Gasteiger partial charge in [0.25, 0.3) is 0 Å². The highest BCUT2D eigenvalue weighted by atomic mass is 16.2. The van der Waals surface area contributed by atoms with E-state index in [4.69, 9.17) is 5.26 Å². The molecular weight excluding hydrogens is 338 g/mol. The van der Waals surface area contributed by atoms with Gasteiger partial charge in [0.2, 0.25) is 5.91 Å². The highest BCUT2D eigenvalue weighted by molar-refractivity contribution is 6.01. The second kappa shape index (κ2) is 7.22. The predicted octanol–water partition coefficient (Wildman–Crippen LogP) is 3.38. The number of benzene rings is 2. The Labute approximate surface area is 157 Å². The Balaban J connectivity index is 1.60. The largest absolute Gasteiger partial charge is 0.308 e. The molecule has 1 saturated heterocycles. The van der Waals surface area contributed by atoms with Crippen LogP contribution in [0.2, 0.25) is 0 Å². The maximum absolute atomic E-state index is 12.6. The summed E-state index contributed by atoms with van der Waals surface area (Å²) in [6, 6.07) is 15.6. The molecule has 136 valence electrons. The monoisotopic (exact) mass is 359 g/mol. The molecule has 0 radical (unpaired) electrons. The Morgan fingerprint density at radius 2 is 2.00 bits per heavy atom. The molecule has 2 N–H and O–H groups in total. The van der Waals surface area contributed by atoms with E-state index in [2.05, 4.69) is 33.5 Å². The zero-order chi connectivity index (χ0) is 18.8. The molecule has 1 aliphatic heterocycles. The van der Waals surface area contributed by atoms with Gasteiger partial charge in [-0.05, 0) is 68.4 Å². The standard InChI is InChI=1S/C21H21N5O/c1-26-9-7-15(8-10-26)21(27)23-20-18-12-17(5-6-19(18)24-25-20)16-4-2-3-14(11-16)13-22/h2-6,11-12,15H,7-10H2,1H3,(H2,23,24,25,27). The third-order valence-corrected chi connectivity index (χ3v) is 5.22. The first kappa shape index (κ1) is 17.3. The van der Waals surface area contributed by atoms with Crippen LogP contribution in [0.3, 0.4) is 0 Å². The first-order valence-corrected chi connectivity index (χ1v) is 9.12. The molecule has 1 aromatic heterocycles. The van der Waals surface area contributed by atoms with E-state index in [-0.39, 0.29) is 11.8 Å². The minimum Gasteiger partial charge on any atom is -0.308 e. The lowest BCUT2D eigenvalue weighted by molar-refractivity contribution is -0.121. The van der Waals surface area contributed by atoms with Crippen LogP contribution in [0.1, 0.15) is 18.4 Å². The molecule has 6 nitrogen and oxygen atoms in total. The van der Waals surface area contributed by atoms with Gasteiger partial charge in [0.05, 0.1) is 17.1 Å². The average molecular weight is 359 g/mol. The fraction of sp³-hybridized carbons (Fsp3) is 0.286. The third-order valence-electron chi connectivity index (χ3n) is 5.22. The summed E-state index contributed by atoms with van der Waals surface area (Å²) >= 11 is 0. The van der Waals surface area contributed by atoms with Crippen molar-refractivity contribution in [2.75, 3.05) is 25.5 Å². The van der Waals surface area contributed by atoms with Gasteiger partial charge < -0.3 is 10.2 Å². The van der Waals surface area contributed by atoms with Crippen LogP contribution < -0.4 is 5.32 Å². The molecule has 0 saturated carbocycles. The van der Waals surface area contributed by atoms with E-state index in [0.717, 1.165) is 48.0 Å². The molecule has 2 heterocycles. The topological polar surface area (TPSA) is 84.8 Å². The number of aromatic nitrogens is 2. The lowest BCUT2D eigenvalue weighted by Gasteiger charge is -2.27. The van der Waals surface area contributed by atoms with Gasteiger partial charge in [-0.15, -0.1) is 0 Å². The highest BCUT2D eigenvalue weighted by Gasteiger charge is 2.24. The number of hydrogen-bond acceptors (Lipinski definition) is 4.